The highest BCUT2D eigenvalue weighted by Gasteiger charge is 2.74. The second-order valence-electron chi connectivity index (χ2n) is 4.87. The van der Waals surface area contributed by atoms with Crippen LogP contribution in [0, 0.1) is 5.21 Å². The third kappa shape index (κ3) is 5.13. The lowest BCUT2D eigenvalue weighted by molar-refractivity contribution is -0.871. The summed E-state index contributed by atoms with van der Waals surface area (Å²) < 4.78 is 89.6. The first-order valence-corrected chi connectivity index (χ1v) is 5.74. The van der Waals surface area contributed by atoms with E-state index in [1.54, 1.807) is 0 Å². The highest BCUT2D eigenvalue weighted by atomic mass is 19.4. The maximum atomic E-state index is 13.1. The van der Waals surface area contributed by atoms with Crippen molar-refractivity contribution in [1.29, 1.82) is 0 Å². The van der Waals surface area contributed by atoms with Gasteiger partial charge in [0.1, 0.15) is 19.7 Å². The second-order valence-corrected chi connectivity index (χ2v) is 4.87. The zero-order valence-electron chi connectivity index (χ0n) is 11.6. The van der Waals surface area contributed by atoms with Gasteiger partial charge in [0.2, 0.25) is 0 Å². The Labute approximate surface area is 121 Å². The van der Waals surface area contributed by atoms with Gasteiger partial charge >= 0.3 is 24.0 Å². The fourth-order valence-electron chi connectivity index (χ4n) is 1.26. The molecule has 0 radical (unpaired) electrons. The summed E-state index contributed by atoms with van der Waals surface area (Å²) in [5.74, 6) is -12.9. The fraction of sp³-hybridized carbons (Fsp3) is 0.727. The number of rotatable bonds is 7. The van der Waals surface area contributed by atoms with Crippen molar-refractivity contribution in [2.24, 2.45) is 0 Å². The minimum absolute atomic E-state index is 0.0611. The zero-order valence-corrected chi connectivity index (χ0v) is 11.6. The van der Waals surface area contributed by atoms with Crippen LogP contribution in [0.2, 0.25) is 0 Å². The monoisotopic (exact) mass is 341 g/mol. The molecule has 1 atom stereocenters. The molecule has 11 heteroatoms. The van der Waals surface area contributed by atoms with E-state index in [2.05, 4.69) is 11.3 Å². The van der Waals surface area contributed by atoms with Gasteiger partial charge in [-0.3, -0.25) is 0 Å². The number of esters is 1. The van der Waals surface area contributed by atoms with Crippen LogP contribution >= 0.6 is 0 Å². The third-order valence-corrected chi connectivity index (χ3v) is 2.49. The van der Waals surface area contributed by atoms with Crippen LogP contribution in [0.3, 0.4) is 0 Å². The Hall–Kier alpha value is -1.36. The van der Waals surface area contributed by atoms with Crippen LogP contribution in [-0.2, 0) is 9.53 Å². The minimum atomic E-state index is -6.50. The van der Waals surface area contributed by atoms with Crippen molar-refractivity contribution in [2.75, 3.05) is 26.7 Å². The van der Waals surface area contributed by atoms with Crippen LogP contribution in [-0.4, -0.2) is 55.4 Å². The molecule has 0 aliphatic carbocycles. The molecule has 0 aromatic heterocycles. The van der Waals surface area contributed by atoms with E-state index in [0.717, 1.165) is 0 Å². The highest BCUT2D eigenvalue weighted by Crippen LogP contribution is 2.47. The molecule has 0 aromatic carbocycles. The molecule has 0 amide bonds. The van der Waals surface area contributed by atoms with Crippen molar-refractivity contribution >= 4 is 5.97 Å². The lowest BCUT2D eigenvalue weighted by Gasteiger charge is -2.42. The molecule has 22 heavy (non-hydrogen) atoms. The van der Waals surface area contributed by atoms with E-state index < -0.39 is 48.3 Å². The van der Waals surface area contributed by atoms with Crippen molar-refractivity contribution in [3.63, 3.8) is 0 Å². The third-order valence-electron chi connectivity index (χ3n) is 2.49. The molecule has 1 unspecified atom stereocenters. The zero-order chi connectivity index (χ0) is 18.0. The molecule has 0 aliphatic heterocycles. The molecule has 0 aromatic rings. The van der Waals surface area contributed by atoms with Gasteiger partial charge in [0, 0.05) is 5.57 Å². The SMILES string of the molecule is C=C(C)C(=O)OCC[N+](C)([O-])CC(F)(F)C(F)(F)C(F)(F)F. The van der Waals surface area contributed by atoms with E-state index in [1.807, 2.05) is 0 Å². The number of carbonyl (C=O) groups excluding carboxylic acids is 1. The summed E-state index contributed by atoms with van der Waals surface area (Å²) in [6.07, 6.45) is -6.50. The molecule has 0 aliphatic rings. The predicted octanol–water partition coefficient (Wildman–Crippen LogP) is 2.88. The van der Waals surface area contributed by atoms with Crippen molar-refractivity contribution in [3.8, 4) is 0 Å². The molecule has 4 nitrogen and oxygen atoms in total. The Morgan fingerprint density at radius 1 is 1.18 bits per heavy atom. The Morgan fingerprint density at radius 2 is 1.64 bits per heavy atom. The number of halogens is 7. The fourth-order valence-corrected chi connectivity index (χ4v) is 1.26. The molecule has 0 N–H and O–H groups in total. The van der Waals surface area contributed by atoms with E-state index in [1.165, 1.54) is 6.92 Å². The summed E-state index contributed by atoms with van der Waals surface area (Å²) in [5, 5.41) is 11.6. The van der Waals surface area contributed by atoms with Crippen LogP contribution in [0.15, 0.2) is 12.2 Å². The van der Waals surface area contributed by atoms with Crippen molar-refractivity contribution in [2.45, 2.75) is 24.9 Å². The standard InChI is InChI=1S/C11H14F7NO3/c1-7(2)8(20)22-5-4-19(3,21)6-9(12,13)10(14,15)11(16,17)18/h1,4-6H2,2-3H3. The highest BCUT2D eigenvalue weighted by molar-refractivity contribution is 5.86. The lowest BCUT2D eigenvalue weighted by Crippen LogP contribution is -2.60. The molecule has 0 heterocycles. The van der Waals surface area contributed by atoms with Crippen molar-refractivity contribution in [1.82, 2.24) is 0 Å². The van der Waals surface area contributed by atoms with Gasteiger partial charge in [0.15, 0.2) is 0 Å². The Kier molecular flexibility index (Phi) is 6.01. The summed E-state index contributed by atoms with van der Waals surface area (Å²) in [6, 6.07) is 0. The first-order chi connectivity index (χ1) is 9.53. The summed E-state index contributed by atoms with van der Waals surface area (Å²) in [5.41, 5.74) is -0.0611. The van der Waals surface area contributed by atoms with E-state index in [4.69, 9.17) is 0 Å². The largest absolute Gasteiger partial charge is 0.633 e. The summed E-state index contributed by atoms with van der Waals surface area (Å²) in [4.78, 5) is 11.0. The van der Waals surface area contributed by atoms with Gasteiger partial charge in [-0.2, -0.15) is 30.7 Å². The number of hydrogen-bond acceptors (Lipinski definition) is 3. The topological polar surface area (TPSA) is 49.4 Å². The maximum Gasteiger partial charge on any atom is 0.460 e. The Balaban J connectivity index is 4.82. The number of likely N-dealkylation sites (N-methyl/N-ethyl adjacent to an activating group) is 1. The quantitative estimate of drug-likeness (QED) is 0.235. The maximum absolute atomic E-state index is 13.1. The summed E-state index contributed by atoms with van der Waals surface area (Å²) >= 11 is 0. The number of hydrogen-bond donors (Lipinski definition) is 0. The van der Waals surface area contributed by atoms with E-state index in [0.29, 0.717) is 7.05 Å². The predicted molar refractivity (Wildman–Crippen MR) is 61.0 cm³/mol. The van der Waals surface area contributed by atoms with Gasteiger partial charge in [-0.05, 0) is 6.92 Å². The molecule has 0 bridgehead atoms. The van der Waals surface area contributed by atoms with Gasteiger partial charge in [-0.15, -0.1) is 0 Å². The molecular formula is C11H14F7NO3. The van der Waals surface area contributed by atoms with E-state index >= 15 is 0 Å². The summed E-state index contributed by atoms with van der Waals surface area (Å²) in [6.45, 7) is 0.449. The van der Waals surface area contributed by atoms with Crippen LogP contribution in [0.25, 0.3) is 0 Å². The first kappa shape index (κ1) is 20.6. The van der Waals surface area contributed by atoms with Crippen molar-refractivity contribution in [3.05, 3.63) is 17.4 Å². The molecule has 0 fully saturated rings. The first-order valence-electron chi connectivity index (χ1n) is 5.74. The van der Waals surface area contributed by atoms with Gasteiger partial charge in [-0.25, -0.2) is 4.79 Å². The molecule has 0 rings (SSSR count). The smallest absolute Gasteiger partial charge is 0.460 e. The molecule has 0 spiro atoms. The molecule has 0 saturated heterocycles. The average Bonchev–Trinajstić information content (AvgIpc) is 2.24. The number of nitrogens with zero attached hydrogens (tertiary/aromatic N) is 1. The van der Waals surface area contributed by atoms with Crippen LogP contribution in [0.4, 0.5) is 30.7 Å². The van der Waals surface area contributed by atoms with Gasteiger partial charge in [0.25, 0.3) is 0 Å². The van der Waals surface area contributed by atoms with Crippen molar-refractivity contribution < 1.29 is 44.9 Å². The minimum Gasteiger partial charge on any atom is -0.633 e. The number of hydroxylamine groups is 3. The van der Waals surface area contributed by atoms with E-state index in [-0.39, 0.29) is 5.57 Å². The van der Waals surface area contributed by atoms with Gasteiger partial charge in [-0.1, -0.05) is 6.58 Å². The number of ether oxygens (including phenoxy) is 1. The molecule has 0 saturated carbocycles. The number of carbonyl (C=O) groups is 1. The lowest BCUT2D eigenvalue weighted by atomic mass is 10.1. The number of quaternary nitrogens is 1. The van der Waals surface area contributed by atoms with Gasteiger partial charge in [0.05, 0.1) is 7.05 Å². The second kappa shape index (κ2) is 6.41. The normalized spacial score (nSPS) is 16.1. The summed E-state index contributed by atoms with van der Waals surface area (Å²) in [7, 11) is 0.467. The molecule has 130 valence electrons. The van der Waals surface area contributed by atoms with E-state index in [9.17, 15) is 40.7 Å². The van der Waals surface area contributed by atoms with Crippen LogP contribution < -0.4 is 0 Å². The van der Waals surface area contributed by atoms with Crippen LogP contribution in [0.5, 0.6) is 0 Å². The average molecular weight is 341 g/mol. The molecular weight excluding hydrogens is 327 g/mol. The Morgan fingerprint density at radius 3 is 2.00 bits per heavy atom. The Bertz CT molecular complexity index is 432. The number of alkyl halides is 7. The van der Waals surface area contributed by atoms with Crippen LogP contribution in [0.1, 0.15) is 6.92 Å². The van der Waals surface area contributed by atoms with Gasteiger partial charge < -0.3 is 14.6 Å².